The van der Waals surface area contributed by atoms with Gasteiger partial charge in [0.2, 0.25) is 0 Å². The summed E-state index contributed by atoms with van der Waals surface area (Å²) in [4.78, 5) is 76.2. The topological polar surface area (TPSA) is 172 Å². The molecular weight excluding hydrogens is 727 g/mol. The van der Waals surface area contributed by atoms with Gasteiger partial charge in [-0.25, -0.2) is 19.4 Å². The molecule has 2 aromatic heterocycles. The van der Waals surface area contributed by atoms with E-state index in [1.807, 2.05) is 66.0 Å². The van der Waals surface area contributed by atoms with Crippen LogP contribution in [0.15, 0.2) is 77.8 Å². The number of carbonyl (C=O) groups excluding carboxylic acids is 5. The van der Waals surface area contributed by atoms with Gasteiger partial charge in [0.1, 0.15) is 12.6 Å². The summed E-state index contributed by atoms with van der Waals surface area (Å²) in [5, 5.41) is 13.5. The van der Waals surface area contributed by atoms with Crippen LogP contribution in [0.4, 0.5) is 14.4 Å². The highest BCUT2D eigenvalue weighted by atomic mass is 32.1. The van der Waals surface area contributed by atoms with Gasteiger partial charge in [-0.1, -0.05) is 74.5 Å². The molecule has 5 rings (SSSR count). The molecule has 1 aliphatic heterocycles. The third kappa shape index (κ3) is 12.5. The summed E-state index contributed by atoms with van der Waals surface area (Å²) in [6.07, 6.45) is 3.34. The van der Waals surface area contributed by atoms with Crippen LogP contribution in [0.3, 0.4) is 0 Å². The SMILES string of the molecule is CC(C)c1nc(CN(C)C(=O)N[C@@H](CC2NC(=O)NC2=O)C(=O)C[C@H](CC[C@H](Cc2ccccc2)NC(=O)OCc2cncs2)Cc2ccccc2)cs1. The lowest BCUT2D eigenvalue weighted by Gasteiger charge is -2.26. The normalized spacial score (nSPS) is 15.5. The Hall–Kier alpha value is -5.15. The maximum atomic E-state index is 14.2. The van der Waals surface area contributed by atoms with Crippen LogP contribution in [-0.2, 0) is 40.3 Å². The van der Waals surface area contributed by atoms with Gasteiger partial charge in [-0.15, -0.1) is 22.7 Å². The van der Waals surface area contributed by atoms with Gasteiger partial charge in [0.05, 0.1) is 33.7 Å². The Balaban J connectivity index is 1.30. The van der Waals surface area contributed by atoms with Crippen LogP contribution in [-0.4, -0.2) is 69.9 Å². The highest BCUT2D eigenvalue weighted by Gasteiger charge is 2.35. The standard InChI is InChI=1S/C39H47N7O6S2/c1-25(2)36-41-30(23-53-36)21-46(3)38(50)44-32(19-33-35(48)45-37(49)43-33)34(47)18-28(16-26-10-6-4-7-11-26)14-15-29(17-27-12-8-5-9-13-27)42-39(51)52-22-31-20-40-24-54-31/h4-13,20,23-25,28-29,32-33H,14-19,21-22H2,1-3H3,(H,42,51)(H,44,50)(H2,43,45,48,49)/t28-,29-,32+,33?/m1/s1. The number of ketones is 1. The van der Waals surface area contributed by atoms with E-state index in [0.717, 1.165) is 26.7 Å². The average molecular weight is 774 g/mol. The maximum Gasteiger partial charge on any atom is 0.407 e. The number of aromatic nitrogens is 2. The van der Waals surface area contributed by atoms with Gasteiger partial charge in [0.25, 0.3) is 5.91 Å². The minimum atomic E-state index is -1.06. The summed E-state index contributed by atoms with van der Waals surface area (Å²) >= 11 is 2.93. The zero-order chi connectivity index (χ0) is 38.5. The molecule has 0 spiro atoms. The van der Waals surface area contributed by atoms with E-state index in [1.54, 1.807) is 18.8 Å². The fourth-order valence-corrected chi connectivity index (χ4v) is 7.57. The molecule has 1 fully saturated rings. The fraction of sp³-hybridized carbons (Fsp3) is 0.410. The number of nitrogens with one attached hydrogen (secondary N) is 4. The number of Topliss-reactive ketones (excluding diaryl/α,β-unsaturated/α-hetero) is 1. The summed E-state index contributed by atoms with van der Waals surface area (Å²) in [5.41, 5.74) is 4.50. The van der Waals surface area contributed by atoms with Crippen LogP contribution >= 0.6 is 22.7 Å². The summed E-state index contributed by atoms with van der Waals surface area (Å²) < 4.78 is 5.49. The Morgan fingerprint density at radius 2 is 1.65 bits per heavy atom. The van der Waals surface area contributed by atoms with Crippen molar-refractivity contribution in [3.63, 3.8) is 0 Å². The van der Waals surface area contributed by atoms with E-state index < -0.39 is 36.1 Å². The molecule has 2 aromatic carbocycles. The van der Waals surface area contributed by atoms with Gasteiger partial charge in [-0.2, -0.15) is 0 Å². The quantitative estimate of drug-likeness (QED) is 0.0845. The molecule has 0 saturated carbocycles. The number of alkyl carbamates (subject to hydrolysis) is 1. The summed E-state index contributed by atoms with van der Waals surface area (Å²) in [6.45, 7) is 4.45. The van der Waals surface area contributed by atoms with E-state index in [2.05, 4.69) is 45.1 Å². The fourth-order valence-electron chi connectivity index (χ4n) is 6.24. The molecule has 3 heterocycles. The largest absolute Gasteiger partial charge is 0.444 e. The number of hydrogen-bond donors (Lipinski definition) is 4. The molecule has 1 saturated heterocycles. The first-order valence-corrected chi connectivity index (χ1v) is 19.8. The molecule has 4 atom stereocenters. The number of urea groups is 2. The number of nitrogens with zero attached hydrogens (tertiary/aromatic N) is 3. The van der Waals surface area contributed by atoms with Gasteiger partial charge >= 0.3 is 18.2 Å². The number of ether oxygens (including phenoxy) is 1. The summed E-state index contributed by atoms with van der Waals surface area (Å²) in [6, 6.07) is 16.2. The third-order valence-corrected chi connectivity index (χ3v) is 11.0. The van der Waals surface area contributed by atoms with Crippen LogP contribution in [0.25, 0.3) is 0 Å². The molecule has 13 nitrogen and oxygen atoms in total. The minimum Gasteiger partial charge on any atom is -0.444 e. The predicted molar refractivity (Wildman–Crippen MR) is 207 cm³/mol. The number of thiazole rings is 2. The number of imide groups is 1. The zero-order valence-electron chi connectivity index (χ0n) is 30.7. The number of benzene rings is 2. The smallest absolute Gasteiger partial charge is 0.407 e. The van der Waals surface area contributed by atoms with Gasteiger partial charge in [-0.3, -0.25) is 19.9 Å². The molecule has 1 unspecified atom stereocenters. The van der Waals surface area contributed by atoms with Crippen molar-refractivity contribution in [1.82, 2.24) is 36.1 Å². The first-order chi connectivity index (χ1) is 26.0. The van der Waals surface area contributed by atoms with Crippen LogP contribution in [0.1, 0.15) is 72.2 Å². The van der Waals surface area contributed by atoms with E-state index in [-0.39, 0.29) is 49.7 Å². The molecule has 1 aliphatic rings. The first kappa shape index (κ1) is 40.0. The molecular formula is C39H47N7O6S2. The highest BCUT2D eigenvalue weighted by molar-refractivity contribution is 7.09. The molecule has 0 bridgehead atoms. The molecule has 0 radical (unpaired) electrons. The number of hydrogen-bond acceptors (Lipinski definition) is 10. The zero-order valence-corrected chi connectivity index (χ0v) is 32.3. The molecule has 54 heavy (non-hydrogen) atoms. The highest BCUT2D eigenvalue weighted by Crippen LogP contribution is 2.24. The lowest BCUT2D eigenvalue weighted by atomic mass is 9.85. The Labute approximate surface area is 323 Å². The Morgan fingerprint density at radius 1 is 0.944 bits per heavy atom. The second-order valence-electron chi connectivity index (χ2n) is 13.8. The van der Waals surface area contributed by atoms with Crippen LogP contribution in [0.2, 0.25) is 0 Å². The molecule has 4 aromatic rings. The van der Waals surface area contributed by atoms with Gasteiger partial charge in [0, 0.05) is 43.4 Å². The van der Waals surface area contributed by atoms with Crippen molar-refractivity contribution in [3.8, 4) is 0 Å². The molecule has 286 valence electrons. The van der Waals surface area contributed by atoms with Crippen molar-refractivity contribution in [3.05, 3.63) is 104 Å². The Morgan fingerprint density at radius 3 is 2.26 bits per heavy atom. The van der Waals surface area contributed by atoms with E-state index in [4.69, 9.17) is 4.74 Å². The van der Waals surface area contributed by atoms with E-state index >= 15 is 0 Å². The van der Waals surface area contributed by atoms with Crippen LogP contribution in [0, 0.1) is 5.92 Å². The Kier molecular flexibility index (Phi) is 14.7. The van der Waals surface area contributed by atoms with Crippen LogP contribution in [0.5, 0.6) is 0 Å². The number of rotatable bonds is 19. The van der Waals surface area contributed by atoms with Crippen molar-refractivity contribution in [1.29, 1.82) is 0 Å². The lowest BCUT2D eigenvalue weighted by Crippen LogP contribution is -2.50. The summed E-state index contributed by atoms with van der Waals surface area (Å²) in [5.74, 6) is -0.739. The molecule has 4 N–H and O–H groups in total. The van der Waals surface area contributed by atoms with Crippen LogP contribution < -0.4 is 21.3 Å². The second kappa shape index (κ2) is 19.8. The average Bonchev–Trinajstić information content (AvgIpc) is 3.92. The van der Waals surface area contributed by atoms with Crippen molar-refractivity contribution in [2.75, 3.05) is 7.05 Å². The van der Waals surface area contributed by atoms with Gasteiger partial charge in [0.15, 0.2) is 5.78 Å². The van der Waals surface area contributed by atoms with Crippen molar-refractivity contribution in [2.24, 2.45) is 5.92 Å². The minimum absolute atomic E-state index is 0.0869. The van der Waals surface area contributed by atoms with Crippen molar-refractivity contribution >= 4 is 52.5 Å². The number of amides is 6. The predicted octanol–water partition coefficient (Wildman–Crippen LogP) is 5.97. The first-order valence-electron chi connectivity index (χ1n) is 18.0. The van der Waals surface area contributed by atoms with Crippen molar-refractivity contribution in [2.45, 2.75) is 89.6 Å². The van der Waals surface area contributed by atoms with E-state index in [0.29, 0.717) is 25.7 Å². The molecule has 0 aliphatic carbocycles. The van der Waals surface area contributed by atoms with Gasteiger partial charge in [-0.05, 0) is 42.7 Å². The van der Waals surface area contributed by atoms with E-state index in [9.17, 15) is 24.0 Å². The molecule has 15 heteroatoms. The lowest BCUT2D eigenvalue weighted by molar-refractivity contribution is -0.123. The second-order valence-corrected chi connectivity index (χ2v) is 15.7. The monoisotopic (exact) mass is 773 g/mol. The summed E-state index contributed by atoms with van der Waals surface area (Å²) in [7, 11) is 1.62. The van der Waals surface area contributed by atoms with Crippen molar-refractivity contribution < 1.29 is 28.7 Å². The number of carbonyl (C=O) groups is 5. The maximum absolute atomic E-state index is 14.2. The molecule has 6 amide bonds. The van der Waals surface area contributed by atoms with Gasteiger partial charge < -0.3 is 25.6 Å². The van der Waals surface area contributed by atoms with E-state index in [1.165, 1.54) is 27.6 Å². The Bertz CT molecular complexity index is 1840. The third-order valence-electron chi connectivity index (χ3n) is 9.08.